The number of aromatic nitrogens is 1. The molecule has 0 aliphatic carbocycles. The van der Waals surface area contributed by atoms with Crippen molar-refractivity contribution in [3.63, 3.8) is 0 Å². The van der Waals surface area contributed by atoms with E-state index in [-0.39, 0.29) is 13.0 Å². The zero-order chi connectivity index (χ0) is 28.9. The van der Waals surface area contributed by atoms with Crippen LogP contribution < -0.4 is 5.32 Å². The highest BCUT2D eigenvalue weighted by Crippen LogP contribution is 2.25. The largest absolute Gasteiger partial charge is 0.467 e. The number of esters is 1. The summed E-state index contributed by atoms with van der Waals surface area (Å²) in [6.45, 7) is 5.81. The molecule has 0 unspecified atom stereocenters. The number of likely N-dealkylation sites (tertiary alicyclic amines) is 1. The molecule has 2 amide bonds. The molecule has 10 nitrogen and oxygen atoms in total. The normalized spacial score (nSPS) is 15.9. The lowest BCUT2D eigenvalue weighted by molar-refractivity contribution is -0.145. The van der Waals surface area contributed by atoms with E-state index in [4.69, 9.17) is 14.2 Å². The molecule has 1 saturated heterocycles. The number of carbonyl (C=O) groups is 4. The summed E-state index contributed by atoms with van der Waals surface area (Å²) in [4.78, 5) is 53.2. The Morgan fingerprint density at radius 1 is 1.00 bits per heavy atom. The second kappa shape index (κ2) is 12.2. The number of rotatable bonds is 7. The van der Waals surface area contributed by atoms with E-state index in [9.17, 15) is 19.2 Å². The van der Waals surface area contributed by atoms with Gasteiger partial charge in [0.1, 0.15) is 24.3 Å². The van der Waals surface area contributed by atoms with Crippen molar-refractivity contribution in [3.8, 4) is 0 Å². The maximum absolute atomic E-state index is 13.3. The molecule has 4 rings (SSSR count). The number of fused-ring (bicyclic) bond motifs is 1. The van der Waals surface area contributed by atoms with Crippen molar-refractivity contribution in [2.24, 2.45) is 0 Å². The molecular weight excluding hydrogens is 514 g/mol. The molecule has 0 saturated carbocycles. The van der Waals surface area contributed by atoms with Crippen LogP contribution >= 0.6 is 0 Å². The first kappa shape index (κ1) is 28.7. The van der Waals surface area contributed by atoms with Crippen LogP contribution in [-0.2, 0) is 36.8 Å². The molecule has 10 heteroatoms. The molecule has 0 radical (unpaired) electrons. The van der Waals surface area contributed by atoms with Gasteiger partial charge in [-0.2, -0.15) is 0 Å². The lowest BCUT2D eigenvalue weighted by atomic mass is 10.0. The molecule has 1 aliphatic rings. The van der Waals surface area contributed by atoms with Gasteiger partial charge in [0.2, 0.25) is 5.91 Å². The van der Waals surface area contributed by atoms with Gasteiger partial charge in [-0.25, -0.2) is 14.4 Å². The Balaban J connectivity index is 1.50. The van der Waals surface area contributed by atoms with Crippen molar-refractivity contribution in [2.45, 2.75) is 64.3 Å². The van der Waals surface area contributed by atoms with Crippen LogP contribution in [-0.4, -0.2) is 64.9 Å². The first-order valence-electron chi connectivity index (χ1n) is 13.2. The van der Waals surface area contributed by atoms with Crippen molar-refractivity contribution in [2.75, 3.05) is 13.7 Å². The van der Waals surface area contributed by atoms with Gasteiger partial charge in [0.15, 0.2) is 0 Å². The maximum Gasteiger partial charge on any atom is 0.419 e. The fraction of sp³-hybridized carbons (Fsp3) is 0.400. The van der Waals surface area contributed by atoms with Crippen LogP contribution in [0.5, 0.6) is 0 Å². The molecule has 212 valence electrons. The topological polar surface area (TPSA) is 116 Å². The summed E-state index contributed by atoms with van der Waals surface area (Å²) < 4.78 is 17.4. The third-order valence-corrected chi connectivity index (χ3v) is 6.61. The average Bonchev–Trinajstić information content (AvgIpc) is 3.56. The quantitative estimate of drug-likeness (QED) is 0.342. The Bertz CT molecular complexity index is 1380. The molecule has 1 aliphatic heterocycles. The van der Waals surface area contributed by atoms with Crippen LogP contribution in [0.4, 0.5) is 9.59 Å². The van der Waals surface area contributed by atoms with Gasteiger partial charge >= 0.3 is 18.2 Å². The highest BCUT2D eigenvalue weighted by molar-refractivity contribution is 5.94. The van der Waals surface area contributed by atoms with Gasteiger partial charge in [0.25, 0.3) is 0 Å². The molecule has 1 N–H and O–H groups in total. The van der Waals surface area contributed by atoms with Crippen LogP contribution in [0.2, 0.25) is 0 Å². The Morgan fingerprint density at radius 3 is 2.40 bits per heavy atom. The van der Waals surface area contributed by atoms with E-state index >= 15 is 0 Å². The average molecular weight is 550 g/mol. The summed E-state index contributed by atoms with van der Waals surface area (Å²) in [7, 11) is 1.24. The number of benzene rings is 2. The lowest BCUT2D eigenvalue weighted by Crippen LogP contribution is -2.51. The standard InChI is InChI=1S/C30H35N3O7/c1-30(2,3)40-29(37)33-18-21(22-13-8-9-14-24(22)33)17-23(27(35)38-4)31-26(34)25-15-10-16-32(25)28(36)39-19-20-11-6-5-7-12-20/h5-9,11-14,18,23,25H,10,15-17,19H2,1-4H3,(H,31,34)/t23-,25-/m1/s1. The highest BCUT2D eigenvalue weighted by atomic mass is 16.6. The summed E-state index contributed by atoms with van der Waals surface area (Å²) >= 11 is 0. The molecule has 2 atom stereocenters. The fourth-order valence-corrected chi connectivity index (χ4v) is 4.76. The molecule has 1 aromatic heterocycles. The van der Waals surface area contributed by atoms with Crippen molar-refractivity contribution in [3.05, 3.63) is 71.9 Å². The SMILES string of the molecule is COC(=O)[C@@H](Cc1cn(C(=O)OC(C)(C)C)c2ccccc12)NC(=O)[C@H]1CCCN1C(=O)OCc1ccccc1. The number of hydrogen-bond donors (Lipinski definition) is 1. The Hall–Kier alpha value is -4.34. The number of carbonyl (C=O) groups excluding carboxylic acids is 4. The first-order chi connectivity index (χ1) is 19.1. The summed E-state index contributed by atoms with van der Waals surface area (Å²) in [5, 5.41) is 3.51. The monoisotopic (exact) mass is 549 g/mol. The van der Waals surface area contributed by atoms with E-state index in [2.05, 4.69) is 5.32 Å². The van der Waals surface area contributed by atoms with Crippen LogP contribution in [0.25, 0.3) is 10.9 Å². The number of hydrogen-bond acceptors (Lipinski definition) is 7. The molecule has 2 aromatic carbocycles. The minimum atomic E-state index is -1.04. The zero-order valence-corrected chi connectivity index (χ0v) is 23.2. The van der Waals surface area contributed by atoms with E-state index in [1.165, 1.54) is 16.6 Å². The lowest BCUT2D eigenvalue weighted by Gasteiger charge is -2.25. The highest BCUT2D eigenvalue weighted by Gasteiger charge is 2.37. The van der Waals surface area contributed by atoms with Gasteiger partial charge < -0.3 is 19.5 Å². The Labute approximate surface area is 233 Å². The molecule has 0 spiro atoms. The van der Waals surface area contributed by atoms with Crippen LogP contribution in [0.15, 0.2) is 60.8 Å². The number of ether oxygens (including phenoxy) is 3. The zero-order valence-electron chi connectivity index (χ0n) is 23.2. The molecule has 1 fully saturated rings. The van der Waals surface area contributed by atoms with Gasteiger partial charge in [-0.3, -0.25) is 14.3 Å². The number of nitrogens with one attached hydrogen (secondary N) is 1. The summed E-state index contributed by atoms with van der Waals surface area (Å²) in [6, 6.07) is 14.7. The fourth-order valence-electron chi connectivity index (χ4n) is 4.76. The first-order valence-corrected chi connectivity index (χ1v) is 13.2. The number of methoxy groups -OCH3 is 1. The third-order valence-electron chi connectivity index (χ3n) is 6.61. The molecule has 2 heterocycles. The molecule has 0 bridgehead atoms. The van der Waals surface area contributed by atoms with Crippen molar-refractivity contribution in [1.29, 1.82) is 0 Å². The van der Waals surface area contributed by atoms with Crippen molar-refractivity contribution in [1.82, 2.24) is 14.8 Å². The third kappa shape index (κ3) is 6.80. The molecule has 40 heavy (non-hydrogen) atoms. The minimum absolute atomic E-state index is 0.0693. The predicted octanol–water partition coefficient (Wildman–Crippen LogP) is 4.43. The van der Waals surface area contributed by atoms with Gasteiger partial charge in [0, 0.05) is 24.5 Å². The van der Waals surface area contributed by atoms with Crippen LogP contribution in [0, 0.1) is 0 Å². The van der Waals surface area contributed by atoms with E-state index < -0.39 is 41.7 Å². The Kier molecular flexibility index (Phi) is 8.77. The minimum Gasteiger partial charge on any atom is -0.467 e. The van der Waals surface area contributed by atoms with E-state index in [1.807, 2.05) is 42.5 Å². The van der Waals surface area contributed by atoms with Crippen molar-refractivity contribution < 1.29 is 33.4 Å². The van der Waals surface area contributed by atoms with E-state index in [0.717, 1.165) is 10.9 Å². The van der Waals surface area contributed by atoms with Crippen molar-refractivity contribution >= 4 is 35.0 Å². The van der Waals surface area contributed by atoms with Gasteiger partial charge in [0.05, 0.1) is 12.6 Å². The van der Waals surface area contributed by atoms with Gasteiger partial charge in [-0.05, 0) is 50.8 Å². The van der Waals surface area contributed by atoms with E-state index in [0.29, 0.717) is 30.5 Å². The summed E-state index contributed by atoms with van der Waals surface area (Å²) in [5.74, 6) is -1.11. The second-order valence-electron chi connectivity index (χ2n) is 10.7. The number of para-hydroxylation sites is 1. The van der Waals surface area contributed by atoms with E-state index in [1.54, 1.807) is 39.1 Å². The molecule has 3 aromatic rings. The predicted molar refractivity (Wildman–Crippen MR) is 148 cm³/mol. The van der Waals surface area contributed by atoms with Crippen LogP contribution in [0.3, 0.4) is 0 Å². The smallest absolute Gasteiger partial charge is 0.419 e. The number of amides is 2. The second-order valence-corrected chi connectivity index (χ2v) is 10.7. The Morgan fingerprint density at radius 2 is 1.70 bits per heavy atom. The van der Waals surface area contributed by atoms with Gasteiger partial charge in [-0.15, -0.1) is 0 Å². The van der Waals surface area contributed by atoms with Crippen LogP contribution in [0.1, 0.15) is 44.7 Å². The molecular formula is C30H35N3O7. The summed E-state index contributed by atoms with van der Waals surface area (Å²) in [5.41, 5.74) is 1.42. The number of nitrogens with zero attached hydrogens (tertiary/aromatic N) is 2. The summed E-state index contributed by atoms with van der Waals surface area (Å²) in [6.07, 6.45) is 1.62. The van der Waals surface area contributed by atoms with Gasteiger partial charge in [-0.1, -0.05) is 48.5 Å². The maximum atomic E-state index is 13.3.